The molecule has 2 heterocycles. The van der Waals surface area contributed by atoms with E-state index in [2.05, 4.69) is 42.5 Å². The van der Waals surface area contributed by atoms with Crippen LogP contribution in [0.3, 0.4) is 0 Å². The molecule has 20 nitrogen and oxygen atoms in total. The third-order valence-electron chi connectivity index (χ3n) is 19.8. The van der Waals surface area contributed by atoms with Gasteiger partial charge >= 0.3 is 0 Å². The predicted molar refractivity (Wildman–Crippen MR) is 350 cm³/mol. The number of ether oxygens (including phenoxy) is 2. The van der Waals surface area contributed by atoms with E-state index in [0.717, 1.165) is 86.5 Å². The van der Waals surface area contributed by atoms with Gasteiger partial charge in [0.15, 0.2) is 0 Å². The van der Waals surface area contributed by atoms with E-state index >= 15 is 9.59 Å². The van der Waals surface area contributed by atoms with Crippen molar-refractivity contribution in [3.05, 3.63) is 144 Å². The molecule has 3 saturated carbocycles. The molecule has 2 aliphatic heterocycles. The molecular formula is C72H98N10O10. The van der Waals surface area contributed by atoms with Crippen LogP contribution >= 0.6 is 0 Å². The van der Waals surface area contributed by atoms with E-state index in [1.807, 2.05) is 121 Å². The average Bonchev–Trinajstić information content (AvgIpc) is 1.75. The van der Waals surface area contributed by atoms with E-state index in [4.69, 9.17) is 9.47 Å². The first-order chi connectivity index (χ1) is 44.7. The molecule has 5 aliphatic rings. The van der Waals surface area contributed by atoms with Gasteiger partial charge in [0.2, 0.25) is 47.3 Å². The second-order valence-corrected chi connectivity index (χ2v) is 26.2. The zero-order valence-electron chi connectivity index (χ0n) is 54.2. The average molecular weight is 1260 g/mol. The van der Waals surface area contributed by atoms with Crippen LogP contribution in [-0.2, 0) is 61.0 Å². The van der Waals surface area contributed by atoms with Crippen LogP contribution in [0.4, 0.5) is 0 Å². The van der Waals surface area contributed by atoms with Crippen molar-refractivity contribution in [2.45, 2.75) is 190 Å². The molecule has 20 heteroatoms. The molecule has 10 atom stereocenters. The molecule has 0 aromatic heterocycles. The maximum atomic E-state index is 15.2. The molecule has 8 amide bonds. The highest BCUT2D eigenvalue weighted by Gasteiger charge is 2.48. The van der Waals surface area contributed by atoms with Crippen molar-refractivity contribution in [3.8, 4) is 0 Å². The topological polar surface area (TPSA) is 258 Å². The highest BCUT2D eigenvalue weighted by molar-refractivity contribution is 5.95. The predicted octanol–water partition coefficient (Wildman–Crippen LogP) is 6.46. The van der Waals surface area contributed by atoms with Crippen LogP contribution in [-0.4, -0.2) is 146 Å². The normalized spacial score (nSPS) is 23.2. The summed E-state index contributed by atoms with van der Waals surface area (Å²) in [5, 5.41) is 25.0. The fraction of sp³-hybridized carbons (Fsp3) is 0.556. The van der Waals surface area contributed by atoms with Gasteiger partial charge in [0, 0.05) is 37.0 Å². The molecule has 2 saturated heterocycles. The molecule has 5 fully saturated rings. The van der Waals surface area contributed by atoms with Gasteiger partial charge in [-0.05, 0) is 126 Å². The van der Waals surface area contributed by atoms with Crippen molar-refractivity contribution >= 4 is 47.3 Å². The smallest absolute Gasteiger partial charge is 0.246 e. The molecule has 92 heavy (non-hydrogen) atoms. The summed E-state index contributed by atoms with van der Waals surface area (Å²) >= 11 is 0. The van der Waals surface area contributed by atoms with Crippen molar-refractivity contribution in [1.29, 1.82) is 0 Å². The third kappa shape index (κ3) is 18.8. The van der Waals surface area contributed by atoms with Crippen molar-refractivity contribution in [1.82, 2.24) is 52.3 Å². The molecule has 4 aromatic carbocycles. The third-order valence-corrected chi connectivity index (χ3v) is 19.8. The lowest BCUT2D eigenvalue weighted by molar-refractivity contribution is -0.143. The van der Waals surface area contributed by atoms with Crippen molar-refractivity contribution in [2.75, 3.05) is 40.4 Å². The number of nitrogens with one attached hydrogen (secondary N) is 8. The number of amides is 8. The van der Waals surface area contributed by atoms with Gasteiger partial charge in [0.25, 0.3) is 0 Å². The summed E-state index contributed by atoms with van der Waals surface area (Å²) < 4.78 is 12.4. The quantitative estimate of drug-likeness (QED) is 0.0305. The Labute approximate surface area is 543 Å². The van der Waals surface area contributed by atoms with Crippen LogP contribution in [0.25, 0.3) is 0 Å². The first-order valence-corrected chi connectivity index (χ1v) is 33.8. The second-order valence-electron chi connectivity index (χ2n) is 26.2. The monoisotopic (exact) mass is 1260 g/mol. The van der Waals surface area contributed by atoms with Gasteiger partial charge in [-0.25, -0.2) is 0 Å². The summed E-state index contributed by atoms with van der Waals surface area (Å²) in [5.74, 6) is -3.73. The maximum absolute atomic E-state index is 15.2. The fourth-order valence-corrected chi connectivity index (χ4v) is 14.1. The summed E-state index contributed by atoms with van der Waals surface area (Å²) in [6, 6.07) is 31.5. The van der Waals surface area contributed by atoms with Crippen LogP contribution in [0.5, 0.6) is 0 Å². The number of likely N-dealkylation sites (N-methyl/N-ethyl adjacent to an activating group) is 2. The SMILES string of the molecule is CN[C@@H](C)C(=O)N[C@H](C(=O)N1CC(NC(=O)C2CCC(C(=O)N[C@H]3C[C@@H](C(=O)NC(COCc4ccccc4)c4ccccc4)N(C(=O)[C@@H](NC(=O)[C@H](C)NC)C4CCCCC4)C3)CC2)CC1C(=O)NC(COCc1ccccc1)c1ccccc1)C1CCCCC1. The van der Waals surface area contributed by atoms with Gasteiger partial charge in [-0.3, -0.25) is 38.4 Å². The Morgan fingerprint density at radius 3 is 1.11 bits per heavy atom. The number of hydrogen-bond donors (Lipinski definition) is 8. The van der Waals surface area contributed by atoms with Crippen LogP contribution in [0, 0.1) is 23.7 Å². The van der Waals surface area contributed by atoms with Crippen LogP contribution < -0.4 is 42.5 Å². The van der Waals surface area contributed by atoms with Gasteiger partial charge < -0.3 is 61.8 Å². The van der Waals surface area contributed by atoms with Crippen molar-refractivity contribution in [3.63, 3.8) is 0 Å². The highest BCUT2D eigenvalue weighted by Crippen LogP contribution is 2.35. The Hall–Kier alpha value is -7.52. The van der Waals surface area contributed by atoms with E-state index < -0.39 is 84.1 Å². The van der Waals surface area contributed by atoms with Crippen LogP contribution in [0.2, 0.25) is 0 Å². The molecule has 0 radical (unpaired) electrons. The number of carbonyl (C=O) groups excluding carboxylic acids is 8. The van der Waals surface area contributed by atoms with E-state index in [-0.39, 0.29) is 86.4 Å². The minimum absolute atomic E-state index is 0.0549. The molecule has 0 spiro atoms. The van der Waals surface area contributed by atoms with Gasteiger partial charge in [0.05, 0.1) is 50.6 Å². The minimum Gasteiger partial charge on any atom is -0.374 e. The second kappa shape index (κ2) is 34.4. The summed E-state index contributed by atoms with van der Waals surface area (Å²) in [7, 11) is 3.38. The lowest BCUT2D eigenvalue weighted by Gasteiger charge is -2.35. The summed E-state index contributed by atoms with van der Waals surface area (Å²) in [5.41, 5.74) is 3.62. The van der Waals surface area contributed by atoms with E-state index in [1.54, 1.807) is 37.7 Å². The zero-order valence-corrected chi connectivity index (χ0v) is 54.2. The van der Waals surface area contributed by atoms with Gasteiger partial charge in [0.1, 0.15) is 24.2 Å². The van der Waals surface area contributed by atoms with Crippen molar-refractivity contribution < 1.29 is 47.8 Å². The molecule has 4 aromatic rings. The minimum atomic E-state index is -0.979. The molecule has 4 unspecified atom stereocenters. The van der Waals surface area contributed by atoms with E-state index in [1.165, 1.54) is 0 Å². The molecule has 496 valence electrons. The Balaban J connectivity index is 0.875. The van der Waals surface area contributed by atoms with E-state index in [0.29, 0.717) is 38.9 Å². The summed E-state index contributed by atoms with van der Waals surface area (Å²) in [6.45, 7) is 4.56. The lowest BCUT2D eigenvalue weighted by Crippen LogP contribution is -2.58. The molecule has 8 N–H and O–H groups in total. The summed E-state index contributed by atoms with van der Waals surface area (Å²) in [6.07, 6.45) is 10.7. The molecule has 3 aliphatic carbocycles. The van der Waals surface area contributed by atoms with Crippen molar-refractivity contribution in [2.24, 2.45) is 23.7 Å². The first-order valence-electron chi connectivity index (χ1n) is 33.8. The Bertz CT molecular complexity index is 2830. The summed E-state index contributed by atoms with van der Waals surface area (Å²) in [4.78, 5) is 119. The molecule has 9 rings (SSSR count). The van der Waals surface area contributed by atoms with E-state index in [9.17, 15) is 28.8 Å². The number of rotatable bonds is 28. The number of hydrogen-bond acceptors (Lipinski definition) is 12. The maximum Gasteiger partial charge on any atom is 0.246 e. The zero-order chi connectivity index (χ0) is 64.9. The Morgan fingerprint density at radius 2 is 0.772 bits per heavy atom. The van der Waals surface area contributed by atoms with Gasteiger partial charge in [-0.15, -0.1) is 0 Å². The Morgan fingerprint density at radius 1 is 0.435 bits per heavy atom. The van der Waals surface area contributed by atoms with Gasteiger partial charge in [-0.2, -0.15) is 0 Å². The fourth-order valence-electron chi connectivity index (χ4n) is 14.1. The first kappa shape index (κ1) is 68.8. The standard InChI is InChI=1S/C72H98N10O10/c1-47(73-3)65(83)79-63(53-31-19-9-20-32-53)71(89)81-41-57(39-61(81)69(87)77-59(51-27-15-7-16-28-51)45-91-43-49-23-11-5-12-24-49)75-67(85)55-35-37-56(38-36-55)68(86)76-58-40-62(82(42-58)72(90)64(54-33-21-10-22-34-54)80-66(84)48(2)74-4)70(88)78-60(52-29-17-8-18-30-52)46-92-44-50-25-13-6-14-26-50/h5-8,11-18,23-30,47-48,53-64,73-74H,9-10,19-22,31-46H2,1-4H3,(H,75,85)(H,76,86)(H,77,87)(H,78,88)(H,79,83)(H,80,84)/t47-,48-,55?,56?,57-,58?,59?,60?,61-,62?,63-,64-/m0/s1. The number of benzene rings is 4. The largest absolute Gasteiger partial charge is 0.374 e. The molecular weight excluding hydrogens is 1160 g/mol. The number of likely N-dealkylation sites (tertiary alicyclic amines) is 2. The Kier molecular flexibility index (Phi) is 25.7. The lowest BCUT2D eigenvalue weighted by atomic mass is 9.81. The molecule has 0 bridgehead atoms. The number of nitrogens with zero attached hydrogens (tertiary/aromatic N) is 2. The number of carbonyl (C=O) groups is 8. The highest BCUT2D eigenvalue weighted by atomic mass is 16.5. The van der Waals surface area contributed by atoms with Gasteiger partial charge in [-0.1, -0.05) is 160 Å². The van der Waals surface area contributed by atoms with Crippen LogP contribution in [0.1, 0.15) is 151 Å². The van der Waals surface area contributed by atoms with Crippen LogP contribution in [0.15, 0.2) is 121 Å².